The summed E-state index contributed by atoms with van der Waals surface area (Å²) in [4.78, 5) is 11.1. The molecule has 1 N–H and O–H groups in total. The lowest BCUT2D eigenvalue weighted by molar-refractivity contribution is -0.122. The smallest absolute Gasteiger partial charge is 0.238 e. The molecule has 1 aromatic rings. The number of carbonyl (C=O) groups excluding carboxylic acids is 1. The van der Waals surface area contributed by atoms with Crippen molar-refractivity contribution in [2.75, 3.05) is 6.54 Å². The molecule has 0 aromatic heterocycles. The molecule has 2 unspecified atom stereocenters. The molecule has 1 fully saturated rings. The molecule has 0 radical (unpaired) electrons. The second-order valence-corrected chi connectivity index (χ2v) is 4.08. The summed E-state index contributed by atoms with van der Waals surface area (Å²) in [5.74, 6) is 0.315. The highest BCUT2D eigenvalue weighted by molar-refractivity contribution is 6.30. The third-order valence-electron chi connectivity index (χ3n) is 2.57. The summed E-state index contributed by atoms with van der Waals surface area (Å²) in [7, 11) is 0. The van der Waals surface area contributed by atoms with Crippen LogP contribution in [0.4, 0.5) is 0 Å². The third-order valence-corrected chi connectivity index (χ3v) is 2.95. The van der Waals surface area contributed by atoms with Crippen LogP contribution in [0.3, 0.4) is 0 Å². The fourth-order valence-electron chi connectivity index (χ4n) is 1.75. The first-order valence-corrected chi connectivity index (χ1v) is 5.18. The maximum Gasteiger partial charge on any atom is 0.238 e. The number of alkyl halides is 1. The summed E-state index contributed by atoms with van der Waals surface area (Å²) in [6.07, 6.45) is 0.734. The van der Waals surface area contributed by atoms with E-state index in [9.17, 15) is 4.79 Å². The van der Waals surface area contributed by atoms with Crippen molar-refractivity contribution in [1.82, 2.24) is 5.32 Å². The van der Waals surface area contributed by atoms with Crippen LogP contribution < -0.4 is 5.32 Å². The van der Waals surface area contributed by atoms with Gasteiger partial charge < -0.3 is 5.32 Å². The SMILES string of the molecule is O=C1NCC(c2ccccc2)CC1Cl. The molecule has 2 atom stereocenters. The Morgan fingerprint density at radius 3 is 2.64 bits per heavy atom. The minimum absolute atomic E-state index is 0.0427. The van der Waals surface area contributed by atoms with Gasteiger partial charge in [0.15, 0.2) is 0 Å². The van der Waals surface area contributed by atoms with Gasteiger partial charge in [0.05, 0.1) is 0 Å². The molecule has 2 nitrogen and oxygen atoms in total. The molecule has 1 heterocycles. The predicted molar refractivity (Wildman–Crippen MR) is 56.5 cm³/mol. The largest absolute Gasteiger partial charge is 0.354 e. The molecule has 0 aliphatic carbocycles. The fourth-order valence-corrected chi connectivity index (χ4v) is 2.05. The van der Waals surface area contributed by atoms with Crippen molar-refractivity contribution < 1.29 is 4.79 Å². The Labute approximate surface area is 88.3 Å². The van der Waals surface area contributed by atoms with Gasteiger partial charge in [-0.1, -0.05) is 30.3 Å². The normalized spacial score (nSPS) is 27.1. The Hall–Kier alpha value is -1.02. The predicted octanol–water partition coefficient (Wildman–Crippen LogP) is 1.90. The number of carbonyl (C=O) groups is 1. The molecule has 0 spiro atoms. The van der Waals surface area contributed by atoms with Crippen LogP contribution in [-0.2, 0) is 4.79 Å². The second kappa shape index (κ2) is 4.01. The molecule has 0 bridgehead atoms. The number of rotatable bonds is 1. The van der Waals surface area contributed by atoms with Crippen LogP contribution in [0.2, 0.25) is 0 Å². The molecule has 1 aromatic carbocycles. The van der Waals surface area contributed by atoms with E-state index in [2.05, 4.69) is 17.4 Å². The lowest BCUT2D eigenvalue weighted by Gasteiger charge is -2.26. The molecule has 1 aliphatic heterocycles. The van der Waals surface area contributed by atoms with Crippen molar-refractivity contribution in [2.24, 2.45) is 0 Å². The monoisotopic (exact) mass is 209 g/mol. The van der Waals surface area contributed by atoms with Crippen LogP contribution in [0.15, 0.2) is 30.3 Å². The van der Waals surface area contributed by atoms with E-state index in [1.54, 1.807) is 0 Å². The van der Waals surface area contributed by atoms with E-state index in [1.807, 2.05) is 18.2 Å². The minimum atomic E-state index is -0.381. The van der Waals surface area contributed by atoms with Crippen LogP contribution in [-0.4, -0.2) is 17.8 Å². The quantitative estimate of drug-likeness (QED) is 0.704. The van der Waals surface area contributed by atoms with Gasteiger partial charge in [0, 0.05) is 12.5 Å². The van der Waals surface area contributed by atoms with E-state index in [0.717, 1.165) is 6.42 Å². The topological polar surface area (TPSA) is 29.1 Å². The number of hydrogen-bond acceptors (Lipinski definition) is 1. The van der Waals surface area contributed by atoms with Crippen molar-refractivity contribution in [1.29, 1.82) is 0 Å². The highest BCUT2D eigenvalue weighted by atomic mass is 35.5. The Morgan fingerprint density at radius 2 is 2.00 bits per heavy atom. The number of benzene rings is 1. The zero-order chi connectivity index (χ0) is 9.97. The van der Waals surface area contributed by atoms with Gasteiger partial charge in [-0.25, -0.2) is 0 Å². The van der Waals surface area contributed by atoms with Gasteiger partial charge in [-0.3, -0.25) is 4.79 Å². The van der Waals surface area contributed by atoms with E-state index in [0.29, 0.717) is 12.5 Å². The Morgan fingerprint density at radius 1 is 1.29 bits per heavy atom. The van der Waals surface area contributed by atoms with Gasteiger partial charge in [-0.05, 0) is 12.0 Å². The number of amides is 1. The molecule has 2 rings (SSSR count). The number of halogens is 1. The van der Waals surface area contributed by atoms with Crippen LogP contribution in [0.1, 0.15) is 17.9 Å². The van der Waals surface area contributed by atoms with E-state index in [-0.39, 0.29) is 11.3 Å². The van der Waals surface area contributed by atoms with E-state index in [4.69, 9.17) is 11.6 Å². The van der Waals surface area contributed by atoms with Gasteiger partial charge >= 0.3 is 0 Å². The van der Waals surface area contributed by atoms with Crippen molar-refractivity contribution in [3.05, 3.63) is 35.9 Å². The van der Waals surface area contributed by atoms with Crippen LogP contribution >= 0.6 is 11.6 Å². The van der Waals surface area contributed by atoms with E-state index >= 15 is 0 Å². The number of piperidine rings is 1. The zero-order valence-corrected chi connectivity index (χ0v) is 8.50. The summed E-state index contributed by atoms with van der Waals surface area (Å²) >= 11 is 5.90. The number of hydrogen-bond donors (Lipinski definition) is 1. The first-order valence-electron chi connectivity index (χ1n) is 4.74. The van der Waals surface area contributed by atoms with Crippen LogP contribution in [0, 0.1) is 0 Å². The highest BCUT2D eigenvalue weighted by Gasteiger charge is 2.27. The zero-order valence-electron chi connectivity index (χ0n) is 7.74. The van der Waals surface area contributed by atoms with Crippen molar-refractivity contribution in [3.63, 3.8) is 0 Å². The summed E-state index contributed by atoms with van der Waals surface area (Å²) in [5.41, 5.74) is 1.25. The van der Waals surface area contributed by atoms with E-state index < -0.39 is 0 Å². The van der Waals surface area contributed by atoms with Gasteiger partial charge in [-0.2, -0.15) is 0 Å². The van der Waals surface area contributed by atoms with E-state index in [1.165, 1.54) is 5.56 Å². The Bertz CT molecular complexity index is 325. The van der Waals surface area contributed by atoms with Crippen LogP contribution in [0.25, 0.3) is 0 Å². The molecule has 1 amide bonds. The fraction of sp³-hybridized carbons (Fsp3) is 0.364. The first kappa shape index (κ1) is 9.53. The first-order chi connectivity index (χ1) is 6.77. The molecule has 1 saturated heterocycles. The Balaban J connectivity index is 2.11. The van der Waals surface area contributed by atoms with Crippen LogP contribution in [0.5, 0.6) is 0 Å². The molecular weight excluding hydrogens is 198 g/mol. The molecule has 1 aliphatic rings. The third kappa shape index (κ3) is 1.90. The highest BCUT2D eigenvalue weighted by Crippen LogP contribution is 2.25. The van der Waals surface area contributed by atoms with Gasteiger partial charge in [0.1, 0.15) is 5.38 Å². The maximum atomic E-state index is 11.1. The molecular formula is C11H12ClNO. The molecule has 0 saturated carbocycles. The average Bonchev–Trinajstić information content (AvgIpc) is 2.23. The summed E-state index contributed by atoms with van der Waals surface area (Å²) in [5, 5.41) is 2.43. The maximum absolute atomic E-state index is 11.1. The summed E-state index contributed by atoms with van der Waals surface area (Å²) < 4.78 is 0. The van der Waals surface area contributed by atoms with Crippen molar-refractivity contribution in [3.8, 4) is 0 Å². The lowest BCUT2D eigenvalue weighted by atomic mass is 9.91. The molecule has 74 valence electrons. The van der Waals surface area contributed by atoms with Gasteiger partial charge in [-0.15, -0.1) is 11.6 Å². The summed E-state index contributed by atoms with van der Waals surface area (Å²) in [6, 6.07) is 10.2. The minimum Gasteiger partial charge on any atom is -0.354 e. The lowest BCUT2D eigenvalue weighted by Crippen LogP contribution is -2.41. The standard InChI is InChI=1S/C11H12ClNO/c12-10-6-9(7-13-11(10)14)8-4-2-1-3-5-8/h1-5,9-10H,6-7H2,(H,13,14). The summed E-state index contributed by atoms with van der Waals surface area (Å²) in [6.45, 7) is 0.700. The Kier molecular flexibility index (Phi) is 2.73. The number of nitrogens with one attached hydrogen (secondary N) is 1. The van der Waals surface area contributed by atoms with Crippen molar-refractivity contribution in [2.45, 2.75) is 17.7 Å². The average molecular weight is 210 g/mol. The molecule has 14 heavy (non-hydrogen) atoms. The van der Waals surface area contributed by atoms with Gasteiger partial charge in [0.2, 0.25) is 5.91 Å². The second-order valence-electron chi connectivity index (χ2n) is 3.56. The molecule has 3 heteroatoms. The van der Waals surface area contributed by atoms with Crippen molar-refractivity contribution >= 4 is 17.5 Å². The van der Waals surface area contributed by atoms with Gasteiger partial charge in [0.25, 0.3) is 0 Å².